The molecule has 2 amide bonds. The van der Waals surface area contributed by atoms with E-state index in [1.165, 1.54) is 59.3 Å². The highest BCUT2D eigenvalue weighted by atomic mass is 16.7. The second-order valence-corrected chi connectivity index (χ2v) is 18.5. The quantitative estimate of drug-likeness (QED) is 0.118. The number of ether oxygens (including phenoxy) is 5. The third kappa shape index (κ3) is 10.6. The van der Waals surface area contributed by atoms with Crippen LogP contribution in [-0.4, -0.2) is 117 Å². The van der Waals surface area contributed by atoms with E-state index in [1.807, 2.05) is 30.3 Å². The van der Waals surface area contributed by atoms with Gasteiger partial charge in [0.05, 0.1) is 46.8 Å². The molecule has 4 aliphatic heterocycles. The highest BCUT2D eigenvalue weighted by molar-refractivity contribution is 6.21. The molecule has 362 valence electrons. The number of fused-ring (bicyclic) bond motifs is 14. The molecule has 0 aliphatic carbocycles. The van der Waals surface area contributed by atoms with E-state index in [4.69, 9.17) is 23.7 Å². The highest BCUT2D eigenvalue weighted by Crippen LogP contribution is 2.54. The van der Waals surface area contributed by atoms with Crippen molar-refractivity contribution in [2.24, 2.45) is 23.7 Å². The first-order valence-corrected chi connectivity index (χ1v) is 22.6. The third-order valence-electron chi connectivity index (χ3n) is 13.6. The number of phenolic OH excluding ortho intramolecular Hbond substituents is 2. The largest absolute Gasteiger partial charge is 0.507 e. The first-order chi connectivity index (χ1) is 31.6. The number of esters is 1. The number of amides is 2. The Morgan fingerprint density at radius 3 is 2.24 bits per heavy atom. The van der Waals surface area contributed by atoms with E-state index in [2.05, 4.69) is 5.32 Å². The van der Waals surface area contributed by atoms with Gasteiger partial charge in [-0.25, -0.2) is 0 Å². The van der Waals surface area contributed by atoms with Crippen molar-refractivity contribution in [2.75, 3.05) is 32.1 Å². The molecule has 3 aromatic carbocycles. The zero-order chi connectivity index (χ0) is 49.1. The number of phenols is 2. The molecule has 0 spiro atoms. The van der Waals surface area contributed by atoms with Crippen LogP contribution in [0.15, 0.2) is 72.5 Å². The van der Waals surface area contributed by atoms with Crippen LogP contribution in [0.1, 0.15) is 82.8 Å². The van der Waals surface area contributed by atoms with Gasteiger partial charge in [-0.15, -0.1) is 0 Å². The van der Waals surface area contributed by atoms with E-state index in [1.54, 1.807) is 44.7 Å². The van der Waals surface area contributed by atoms with Gasteiger partial charge in [0.1, 0.15) is 23.4 Å². The number of piperidine rings is 1. The molecule has 16 heteroatoms. The van der Waals surface area contributed by atoms with Crippen molar-refractivity contribution in [3.05, 3.63) is 89.2 Å². The summed E-state index contributed by atoms with van der Waals surface area (Å²) >= 11 is 0. The molecule has 5 bridgehead atoms. The molecule has 16 nitrogen and oxygen atoms in total. The molecule has 0 aromatic heterocycles. The van der Waals surface area contributed by atoms with Gasteiger partial charge >= 0.3 is 11.8 Å². The smallest absolute Gasteiger partial charge is 0.312 e. The number of allylic oxidation sites excluding steroid dienone is 2. The Morgan fingerprint density at radius 2 is 1.60 bits per heavy atom. The van der Waals surface area contributed by atoms with E-state index >= 15 is 0 Å². The molecule has 1 fully saturated rings. The van der Waals surface area contributed by atoms with Gasteiger partial charge in [0, 0.05) is 86.7 Å². The molecular weight excluding hydrogens is 865 g/mol. The van der Waals surface area contributed by atoms with Gasteiger partial charge in [-0.05, 0) is 38.3 Å². The first kappa shape index (κ1) is 50.5. The van der Waals surface area contributed by atoms with Gasteiger partial charge in [-0.2, -0.15) is 0 Å². The summed E-state index contributed by atoms with van der Waals surface area (Å²) in [5, 5.41) is 60.2. The van der Waals surface area contributed by atoms with Crippen LogP contribution in [0.25, 0.3) is 10.8 Å². The number of carbonyl (C=O) groups is 4. The molecule has 0 saturated carbocycles. The van der Waals surface area contributed by atoms with Crippen LogP contribution in [0.4, 0.5) is 5.69 Å². The van der Waals surface area contributed by atoms with E-state index in [0.717, 1.165) is 5.56 Å². The minimum atomic E-state index is -2.06. The molecule has 9 unspecified atom stereocenters. The van der Waals surface area contributed by atoms with Gasteiger partial charge < -0.3 is 59.4 Å². The maximum atomic E-state index is 14.7. The van der Waals surface area contributed by atoms with Crippen LogP contribution in [0.3, 0.4) is 0 Å². The lowest BCUT2D eigenvalue weighted by atomic mass is 9.78. The lowest BCUT2D eigenvalue weighted by Gasteiger charge is -2.38. The number of Topliss-reactive ketones (excluding diaryl/α,β-unsaturated/α-hetero) is 1. The Kier molecular flexibility index (Phi) is 15.5. The Bertz CT molecular complexity index is 2440. The van der Waals surface area contributed by atoms with E-state index in [9.17, 15) is 44.7 Å². The molecule has 1 saturated heterocycles. The van der Waals surface area contributed by atoms with Crippen molar-refractivity contribution in [2.45, 2.75) is 110 Å². The van der Waals surface area contributed by atoms with Crippen LogP contribution < -0.4 is 14.8 Å². The molecule has 7 rings (SSSR count). The Labute approximate surface area is 390 Å². The maximum absolute atomic E-state index is 14.7. The molecule has 3 aromatic rings. The number of nitrogens with one attached hydrogen (secondary N) is 1. The SMILES string of the molecule is COC1/C=C/OC2(C)Oc3c(C)c(O)c4c(O)c(cc(OCC(=O)N5CCC(O)(Cc6ccccc6)CC5)c4c3C2=O)NC(=O)/C(C)=C/C=CC(C)C(O)C(C)C(O)C(C)C(OC(C)=O)C1C. The number of nitrogens with zero attached hydrogens (tertiary/aromatic N) is 1. The van der Waals surface area contributed by atoms with Crippen molar-refractivity contribution >= 4 is 40.0 Å². The average Bonchev–Trinajstić information content (AvgIpc) is 3.56. The lowest BCUT2D eigenvalue weighted by molar-refractivity contribution is -0.160. The monoisotopic (exact) mass is 928 g/mol. The number of carbonyl (C=O) groups excluding carboxylic acids is 4. The standard InChI is InChI=1S/C51H64N2O14/c1-27-14-13-15-28(2)49(61)52-35-24-37(64-26-38(55)53-21-19-51(62,20-22-53)25-34-16-11-10-12-17-34)39-40(45(35)59)44(58)32(6)47-41(39)48(60)50(8,67-47)65-23-18-36(63-9)29(3)46(66-33(7)54)31(5)43(57)30(4)42(27)56/h10-18,23-24,27,29-31,36,42-43,46,56-59,62H,19-22,25-26H2,1-9H3,(H,52,61)/b14-13?,23-18+,28-15+. The Balaban J connectivity index is 1.40. The normalized spacial score (nSPS) is 29.4. The molecule has 67 heavy (non-hydrogen) atoms. The van der Waals surface area contributed by atoms with Crippen molar-refractivity contribution < 1.29 is 68.4 Å². The number of hydrogen-bond acceptors (Lipinski definition) is 14. The molecule has 9 atom stereocenters. The van der Waals surface area contributed by atoms with Crippen LogP contribution in [-0.2, 0) is 35.0 Å². The Morgan fingerprint density at radius 1 is 0.925 bits per heavy atom. The fourth-order valence-electron chi connectivity index (χ4n) is 9.30. The topological polar surface area (TPSA) is 231 Å². The van der Waals surface area contributed by atoms with Crippen LogP contribution in [0, 0.1) is 30.6 Å². The number of aliphatic hydroxyl groups excluding tert-OH is 2. The summed E-state index contributed by atoms with van der Waals surface area (Å²) in [5.41, 5.74) is -0.128. The van der Waals surface area contributed by atoms with Crippen LogP contribution >= 0.6 is 0 Å². The number of hydrogen-bond donors (Lipinski definition) is 6. The fourth-order valence-corrected chi connectivity index (χ4v) is 9.30. The highest BCUT2D eigenvalue weighted by Gasteiger charge is 2.50. The van der Waals surface area contributed by atoms with E-state index < -0.39 is 101 Å². The Hall–Kier alpha value is -5.94. The second kappa shape index (κ2) is 20.5. The van der Waals surface area contributed by atoms with Gasteiger partial charge in [0.15, 0.2) is 12.4 Å². The van der Waals surface area contributed by atoms with Crippen molar-refractivity contribution in [3.63, 3.8) is 0 Å². The van der Waals surface area contributed by atoms with Gasteiger partial charge in [-0.1, -0.05) is 76.3 Å². The zero-order valence-corrected chi connectivity index (χ0v) is 39.6. The molecule has 0 radical (unpaired) electrons. The minimum Gasteiger partial charge on any atom is -0.507 e. The molecular formula is C51H64N2O14. The lowest BCUT2D eigenvalue weighted by Crippen LogP contribution is -2.48. The van der Waals surface area contributed by atoms with Gasteiger partial charge in [0.25, 0.3) is 17.6 Å². The predicted molar refractivity (Wildman–Crippen MR) is 249 cm³/mol. The number of ketones is 1. The number of rotatable bonds is 7. The summed E-state index contributed by atoms with van der Waals surface area (Å²) in [6.07, 6.45) is 4.59. The minimum absolute atomic E-state index is 0.0571. The second-order valence-electron chi connectivity index (χ2n) is 18.5. The van der Waals surface area contributed by atoms with Crippen molar-refractivity contribution in [3.8, 4) is 23.0 Å². The van der Waals surface area contributed by atoms with Crippen molar-refractivity contribution in [1.29, 1.82) is 0 Å². The van der Waals surface area contributed by atoms with Gasteiger partial charge in [-0.3, -0.25) is 19.2 Å². The summed E-state index contributed by atoms with van der Waals surface area (Å²) in [5.74, 6) is -8.34. The maximum Gasteiger partial charge on any atom is 0.312 e. The number of aliphatic hydroxyl groups is 3. The first-order valence-electron chi connectivity index (χ1n) is 22.6. The van der Waals surface area contributed by atoms with Crippen LogP contribution in [0.5, 0.6) is 23.0 Å². The zero-order valence-electron chi connectivity index (χ0n) is 39.6. The molecule has 4 heterocycles. The van der Waals surface area contributed by atoms with E-state index in [0.29, 0.717) is 19.3 Å². The predicted octanol–water partition coefficient (Wildman–Crippen LogP) is 6.02. The number of likely N-dealkylation sites (tertiary alicyclic amines) is 1. The van der Waals surface area contributed by atoms with Crippen LogP contribution in [0.2, 0.25) is 0 Å². The fraction of sp³-hybridized carbons (Fsp3) is 0.490. The van der Waals surface area contributed by atoms with E-state index in [-0.39, 0.29) is 57.7 Å². The van der Waals surface area contributed by atoms with Gasteiger partial charge in [0.2, 0.25) is 0 Å². The number of benzene rings is 3. The summed E-state index contributed by atoms with van der Waals surface area (Å²) in [6, 6.07) is 10.9. The summed E-state index contributed by atoms with van der Waals surface area (Å²) in [6.45, 7) is 12.5. The number of methoxy groups -OCH3 is 1. The molecule has 6 N–H and O–H groups in total. The third-order valence-corrected chi connectivity index (χ3v) is 13.6. The number of aromatic hydroxyl groups is 2. The molecule has 4 aliphatic rings. The summed E-state index contributed by atoms with van der Waals surface area (Å²) in [7, 11) is 1.43. The summed E-state index contributed by atoms with van der Waals surface area (Å²) < 4.78 is 30.0. The average molecular weight is 929 g/mol. The number of anilines is 1. The summed E-state index contributed by atoms with van der Waals surface area (Å²) in [4.78, 5) is 56.1. The van der Waals surface area contributed by atoms with Crippen molar-refractivity contribution in [1.82, 2.24) is 4.90 Å².